The number of nitrogens with zero attached hydrogens (tertiary/aromatic N) is 3. The minimum atomic E-state index is -0.189. The molecule has 162 valence electrons. The van der Waals surface area contributed by atoms with Crippen molar-refractivity contribution in [2.24, 2.45) is 0 Å². The lowest BCUT2D eigenvalue weighted by Gasteiger charge is -2.12. The first kappa shape index (κ1) is 21.2. The summed E-state index contributed by atoms with van der Waals surface area (Å²) in [6.45, 7) is 1.29. The van der Waals surface area contributed by atoms with Crippen LogP contribution in [0.2, 0.25) is 5.02 Å². The second kappa shape index (κ2) is 8.61. The molecule has 31 heavy (non-hydrogen) atoms. The minimum absolute atomic E-state index is 0.189. The van der Waals surface area contributed by atoms with Gasteiger partial charge in [-0.25, -0.2) is 4.68 Å². The van der Waals surface area contributed by atoms with Gasteiger partial charge in [0.1, 0.15) is 0 Å². The Morgan fingerprint density at radius 2 is 1.94 bits per heavy atom. The zero-order chi connectivity index (χ0) is 22.1. The standard InChI is InChI=1S/C23H25ClN4O3/c1-27(2)9-8-25-23(29)21-18-10-14-11-19(30-3)20(31-4)13-17(14)22(18)28(26-21)16-7-5-6-15(24)12-16/h5-7,11-13H,8-10H2,1-4H3,(H,25,29). The number of amides is 1. The molecule has 4 rings (SSSR count). The van der Waals surface area contributed by atoms with Gasteiger partial charge in [-0.1, -0.05) is 17.7 Å². The number of aromatic nitrogens is 2. The van der Waals surface area contributed by atoms with Crippen molar-refractivity contribution in [1.82, 2.24) is 20.0 Å². The van der Waals surface area contributed by atoms with Crippen LogP contribution >= 0.6 is 11.6 Å². The van der Waals surface area contributed by atoms with Gasteiger partial charge in [0, 0.05) is 35.7 Å². The van der Waals surface area contributed by atoms with Crippen molar-refractivity contribution >= 4 is 17.5 Å². The fourth-order valence-corrected chi connectivity index (χ4v) is 4.01. The van der Waals surface area contributed by atoms with E-state index in [2.05, 4.69) is 5.32 Å². The molecular formula is C23H25ClN4O3. The smallest absolute Gasteiger partial charge is 0.272 e. The molecule has 1 aliphatic rings. The van der Waals surface area contributed by atoms with E-state index < -0.39 is 0 Å². The molecule has 0 saturated carbocycles. The molecule has 1 aliphatic carbocycles. The summed E-state index contributed by atoms with van der Waals surface area (Å²) < 4.78 is 12.8. The van der Waals surface area contributed by atoms with E-state index in [1.807, 2.05) is 55.4 Å². The van der Waals surface area contributed by atoms with Crippen molar-refractivity contribution in [3.8, 4) is 28.4 Å². The summed E-state index contributed by atoms with van der Waals surface area (Å²) in [5.74, 6) is 1.10. The predicted molar refractivity (Wildman–Crippen MR) is 121 cm³/mol. The highest BCUT2D eigenvalue weighted by molar-refractivity contribution is 6.30. The molecule has 3 aromatic rings. The Labute approximate surface area is 186 Å². The molecule has 0 unspecified atom stereocenters. The van der Waals surface area contributed by atoms with Gasteiger partial charge in [0.2, 0.25) is 0 Å². The number of carbonyl (C=O) groups is 1. The summed E-state index contributed by atoms with van der Waals surface area (Å²) in [5, 5.41) is 8.28. The maximum absolute atomic E-state index is 13.0. The van der Waals surface area contributed by atoms with Gasteiger partial charge in [0.05, 0.1) is 25.6 Å². The first-order valence-electron chi connectivity index (χ1n) is 9.99. The van der Waals surface area contributed by atoms with Gasteiger partial charge in [-0.15, -0.1) is 0 Å². The number of rotatable bonds is 7. The Hall–Kier alpha value is -3.03. The van der Waals surface area contributed by atoms with Crippen LogP contribution in [0.25, 0.3) is 16.9 Å². The van der Waals surface area contributed by atoms with E-state index in [0.717, 1.165) is 34.6 Å². The zero-order valence-corrected chi connectivity index (χ0v) is 18.8. The fraction of sp³-hybridized carbons (Fsp3) is 0.304. The highest BCUT2D eigenvalue weighted by Crippen LogP contribution is 2.44. The Kier molecular flexibility index (Phi) is 5.89. The van der Waals surface area contributed by atoms with Crippen LogP contribution in [0.5, 0.6) is 11.5 Å². The molecular weight excluding hydrogens is 416 g/mol. The molecule has 1 amide bonds. The van der Waals surface area contributed by atoms with E-state index in [1.165, 1.54) is 0 Å². The molecule has 8 heteroatoms. The SMILES string of the molecule is COc1cc2c(cc1OC)-c1c(c(C(=O)NCCN(C)C)nn1-c1cccc(Cl)c1)C2. The highest BCUT2D eigenvalue weighted by Gasteiger charge is 2.32. The number of hydrogen-bond acceptors (Lipinski definition) is 5. The average molecular weight is 441 g/mol. The van der Waals surface area contributed by atoms with Gasteiger partial charge < -0.3 is 19.7 Å². The summed E-state index contributed by atoms with van der Waals surface area (Å²) in [5.41, 5.74) is 4.99. The van der Waals surface area contributed by atoms with Gasteiger partial charge in [0.15, 0.2) is 17.2 Å². The average Bonchev–Trinajstić information content (AvgIpc) is 3.29. The second-order valence-electron chi connectivity index (χ2n) is 7.67. The summed E-state index contributed by atoms with van der Waals surface area (Å²) in [6.07, 6.45) is 0.585. The molecule has 0 bridgehead atoms. The maximum Gasteiger partial charge on any atom is 0.272 e. The molecule has 0 fully saturated rings. The Bertz CT molecular complexity index is 1140. The van der Waals surface area contributed by atoms with Crippen LogP contribution < -0.4 is 14.8 Å². The van der Waals surface area contributed by atoms with Crippen LogP contribution in [0.4, 0.5) is 0 Å². The fourth-order valence-electron chi connectivity index (χ4n) is 3.83. The van der Waals surface area contributed by atoms with Crippen molar-refractivity contribution in [3.05, 3.63) is 58.2 Å². The van der Waals surface area contributed by atoms with E-state index >= 15 is 0 Å². The number of halogens is 1. The number of methoxy groups -OCH3 is 2. The van der Waals surface area contributed by atoms with Gasteiger partial charge >= 0.3 is 0 Å². The van der Waals surface area contributed by atoms with Crippen molar-refractivity contribution in [2.45, 2.75) is 6.42 Å². The van der Waals surface area contributed by atoms with Gasteiger partial charge in [-0.2, -0.15) is 5.10 Å². The second-order valence-corrected chi connectivity index (χ2v) is 8.10. The largest absolute Gasteiger partial charge is 0.493 e. The van der Waals surface area contributed by atoms with Crippen LogP contribution in [0.15, 0.2) is 36.4 Å². The van der Waals surface area contributed by atoms with Gasteiger partial charge in [-0.05, 0) is 50.0 Å². The highest BCUT2D eigenvalue weighted by atomic mass is 35.5. The van der Waals surface area contributed by atoms with Crippen molar-refractivity contribution < 1.29 is 14.3 Å². The normalized spacial score (nSPS) is 11.9. The summed E-state index contributed by atoms with van der Waals surface area (Å²) >= 11 is 6.24. The third-order valence-corrected chi connectivity index (χ3v) is 5.56. The zero-order valence-electron chi connectivity index (χ0n) is 18.0. The summed E-state index contributed by atoms with van der Waals surface area (Å²) in [6, 6.07) is 11.3. The lowest BCUT2D eigenvalue weighted by Crippen LogP contribution is -2.32. The molecule has 0 aliphatic heterocycles. The van der Waals surface area contributed by atoms with Gasteiger partial charge in [0.25, 0.3) is 5.91 Å². The number of hydrogen-bond donors (Lipinski definition) is 1. The Balaban J connectivity index is 1.83. The molecule has 1 aromatic heterocycles. The number of benzene rings is 2. The Morgan fingerprint density at radius 1 is 1.19 bits per heavy atom. The Morgan fingerprint density at radius 3 is 2.61 bits per heavy atom. The maximum atomic E-state index is 13.0. The lowest BCUT2D eigenvalue weighted by atomic mass is 10.1. The van der Waals surface area contributed by atoms with Gasteiger partial charge in [-0.3, -0.25) is 4.79 Å². The molecule has 0 saturated heterocycles. The third kappa shape index (κ3) is 3.98. The quantitative estimate of drug-likeness (QED) is 0.477. The first-order chi connectivity index (χ1) is 14.9. The first-order valence-corrected chi connectivity index (χ1v) is 10.4. The molecule has 7 nitrogen and oxygen atoms in total. The monoisotopic (exact) mass is 440 g/mol. The number of likely N-dealkylation sites (N-methyl/N-ethyl adjacent to an activating group) is 1. The topological polar surface area (TPSA) is 68.6 Å². The van der Waals surface area contributed by atoms with Crippen LogP contribution in [0.1, 0.15) is 21.6 Å². The predicted octanol–water partition coefficient (Wildman–Crippen LogP) is 3.41. The minimum Gasteiger partial charge on any atom is -0.493 e. The molecule has 1 N–H and O–H groups in total. The van der Waals surface area contributed by atoms with Crippen LogP contribution in [0, 0.1) is 0 Å². The molecule has 2 aromatic carbocycles. The number of ether oxygens (including phenoxy) is 2. The number of carbonyl (C=O) groups excluding carboxylic acids is 1. The van der Waals surface area contributed by atoms with Crippen molar-refractivity contribution in [2.75, 3.05) is 41.4 Å². The number of nitrogens with one attached hydrogen (secondary N) is 1. The molecule has 0 spiro atoms. The summed E-state index contributed by atoms with van der Waals surface area (Å²) in [4.78, 5) is 15.0. The molecule has 0 radical (unpaired) electrons. The van der Waals surface area contributed by atoms with Crippen LogP contribution in [-0.4, -0.2) is 62.0 Å². The van der Waals surface area contributed by atoms with E-state index in [1.54, 1.807) is 18.9 Å². The molecule has 1 heterocycles. The van der Waals surface area contributed by atoms with Crippen molar-refractivity contribution in [1.29, 1.82) is 0 Å². The lowest BCUT2D eigenvalue weighted by molar-refractivity contribution is 0.0945. The van der Waals surface area contributed by atoms with E-state index in [0.29, 0.717) is 35.2 Å². The van der Waals surface area contributed by atoms with E-state index in [9.17, 15) is 4.79 Å². The third-order valence-electron chi connectivity index (χ3n) is 5.33. The molecule has 0 atom stereocenters. The number of fused-ring (bicyclic) bond motifs is 3. The van der Waals surface area contributed by atoms with Crippen molar-refractivity contribution in [3.63, 3.8) is 0 Å². The van der Waals surface area contributed by atoms with Crippen LogP contribution in [-0.2, 0) is 6.42 Å². The summed E-state index contributed by atoms with van der Waals surface area (Å²) in [7, 11) is 7.16. The van der Waals surface area contributed by atoms with Crippen LogP contribution in [0.3, 0.4) is 0 Å². The van der Waals surface area contributed by atoms with E-state index in [-0.39, 0.29) is 5.91 Å². The van der Waals surface area contributed by atoms with E-state index in [4.69, 9.17) is 26.2 Å².